The first-order valence-corrected chi connectivity index (χ1v) is 11.4. The van der Waals surface area contributed by atoms with Gasteiger partial charge in [0.1, 0.15) is 11.5 Å². The van der Waals surface area contributed by atoms with Crippen LogP contribution in [0.4, 0.5) is 22.0 Å². The minimum absolute atomic E-state index is 0.136. The van der Waals surface area contributed by atoms with E-state index in [1.165, 1.54) is 60.7 Å². The Labute approximate surface area is 201 Å². The molecule has 192 valence electrons. The summed E-state index contributed by atoms with van der Waals surface area (Å²) in [5.74, 6) is -0.381. The van der Waals surface area contributed by atoms with Crippen LogP contribution in [-0.2, 0) is 15.6 Å². The second-order valence-electron chi connectivity index (χ2n) is 7.84. The van der Waals surface area contributed by atoms with Gasteiger partial charge in [-0.2, -0.15) is 22.0 Å². The smallest absolute Gasteiger partial charge is 0.426 e. The number of unbranched alkanes of at least 4 members (excludes halogenated alkanes) is 3. The summed E-state index contributed by atoms with van der Waals surface area (Å²) in [6.07, 6.45) is -2.35. The molecule has 0 amide bonds. The van der Waals surface area contributed by atoms with Gasteiger partial charge in [-0.3, -0.25) is 0 Å². The second kappa shape index (κ2) is 13.7. The molecule has 0 bridgehead atoms. The highest BCUT2D eigenvalue weighted by Crippen LogP contribution is 2.32. The standard InChI is InChI=1S/C26H29F5O4/c1-2-3-4-5-18-34-24(32)16-9-20-7-10-21(11-8-20)26(30,31)35-23-14-12-22(13-15-23)33-19-6-17-25(27,28)29/h7-16H,2-6,17-19H2,1H3/b16-9+. The summed E-state index contributed by atoms with van der Waals surface area (Å²) < 4.78 is 80.5. The maximum Gasteiger partial charge on any atom is 0.426 e. The summed E-state index contributed by atoms with van der Waals surface area (Å²) in [5.41, 5.74) is 0.153. The van der Waals surface area contributed by atoms with Crippen molar-refractivity contribution in [2.24, 2.45) is 0 Å². The number of alkyl halides is 5. The molecule has 0 saturated carbocycles. The zero-order chi connectivity index (χ0) is 25.7. The van der Waals surface area contributed by atoms with Gasteiger partial charge in [-0.15, -0.1) is 0 Å². The van der Waals surface area contributed by atoms with E-state index in [0.717, 1.165) is 25.7 Å². The number of ether oxygens (including phenoxy) is 3. The largest absolute Gasteiger partial charge is 0.494 e. The van der Waals surface area contributed by atoms with Crippen LogP contribution >= 0.6 is 0 Å². The molecule has 0 aliphatic heterocycles. The van der Waals surface area contributed by atoms with Gasteiger partial charge < -0.3 is 14.2 Å². The fraction of sp³-hybridized carbons (Fsp3) is 0.423. The third-order valence-corrected chi connectivity index (χ3v) is 4.84. The van der Waals surface area contributed by atoms with E-state index >= 15 is 0 Å². The Morgan fingerprint density at radius 2 is 1.49 bits per heavy atom. The number of rotatable bonds is 14. The van der Waals surface area contributed by atoms with Crippen LogP contribution in [0.1, 0.15) is 56.6 Å². The van der Waals surface area contributed by atoms with Crippen molar-refractivity contribution in [3.05, 3.63) is 65.7 Å². The number of halogens is 5. The summed E-state index contributed by atoms with van der Waals surface area (Å²) in [6.45, 7) is 2.29. The van der Waals surface area contributed by atoms with E-state index in [1.807, 2.05) is 0 Å². The van der Waals surface area contributed by atoms with Gasteiger partial charge in [-0.1, -0.05) is 38.3 Å². The van der Waals surface area contributed by atoms with E-state index in [9.17, 15) is 26.7 Å². The molecule has 0 unspecified atom stereocenters. The van der Waals surface area contributed by atoms with E-state index in [4.69, 9.17) is 14.2 Å². The minimum Gasteiger partial charge on any atom is -0.494 e. The molecule has 0 N–H and O–H groups in total. The minimum atomic E-state index is -4.25. The summed E-state index contributed by atoms with van der Waals surface area (Å²) in [6, 6.07) is 10.4. The van der Waals surface area contributed by atoms with Crippen molar-refractivity contribution >= 4 is 12.0 Å². The summed E-state index contributed by atoms with van der Waals surface area (Å²) in [4.78, 5) is 11.7. The highest BCUT2D eigenvalue weighted by atomic mass is 19.4. The Hall–Kier alpha value is -3.10. The van der Waals surface area contributed by atoms with Crippen LogP contribution in [0.25, 0.3) is 6.08 Å². The molecular weight excluding hydrogens is 471 g/mol. The topological polar surface area (TPSA) is 44.8 Å². The molecular formula is C26H29F5O4. The van der Waals surface area contributed by atoms with Gasteiger partial charge in [0.05, 0.1) is 18.8 Å². The van der Waals surface area contributed by atoms with Crippen molar-refractivity contribution in [3.63, 3.8) is 0 Å². The fourth-order valence-corrected chi connectivity index (χ4v) is 2.98. The van der Waals surface area contributed by atoms with Gasteiger partial charge in [0.2, 0.25) is 0 Å². The first-order valence-electron chi connectivity index (χ1n) is 11.4. The van der Waals surface area contributed by atoms with Gasteiger partial charge in [0.15, 0.2) is 0 Å². The lowest BCUT2D eigenvalue weighted by Gasteiger charge is -2.18. The number of carbonyl (C=O) groups is 1. The van der Waals surface area contributed by atoms with E-state index in [2.05, 4.69) is 6.92 Å². The number of carbonyl (C=O) groups excluding carboxylic acids is 1. The molecule has 0 atom stereocenters. The first kappa shape index (κ1) is 28.1. The molecule has 0 aliphatic rings. The maximum atomic E-state index is 14.5. The third kappa shape index (κ3) is 11.2. The molecule has 4 nitrogen and oxygen atoms in total. The van der Waals surface area contributed by atoms with E-state index in [0.29, 0.717) is 12.2 Å². The van der Waals surface area contributed by atoms with Crippen molar-refractivity contribution in [2.45, 2.75) is 57.7 Å². The highest BCUT2D eigenvalue weighted by molar-refractivity contribution is 5.87. The summed E-state index contributed by atoms with van der Waals surface area (Å²) in [7, 11) is 0. The molecule has 9 heteroatoms. The Kier molecular flexibility index (Phi) is 11.0. The zero-order valence-electron chi connectivity index (χ0n) is 19.5. The lowest BCUT2D eigenvalue weighted by Crippen LogP contribution is -2.21. The van der Waals surface area contributed by atoms with Crippen molar-refractivity contribution in [1.29, 1.82) is 0 Å². The highest BCUT2D eigenvalue weighted by Gasteiger charge is 2.34. The molecule has 2 rings (SSSR count). The maximum absolute atomic E-state index is 14.5. The van der Waals surface area contributed by atoms with E-state index in [1.54, 1.807) is 0 Å². The molecule has 2 aromatic rings. The predicted molar refractivity (Wildman–Crippen MR) is 122 cm³/mol. The van der Waals surface area contributed by atoms with Crippen LogP contribution in [0.3, 0.4) is 0 Å². The number of hydrogen-bond donors (Lipinski definition) is 0. The Morgan fingerprint density at radius 3 is 2.11 bits per heavy atom. The van der Waals surface area contributed by atoms with E-state index < -0.39 is 24.7 Å². The van der Waals surface area contributed by atoms with Crippen LogP contribution in [0.2, 0.25) is 0 Å². The van der Waals surface area contributed by atoms with Crippen molar-refractivity contribution in [3.8, 4) is 11.5 Å². The first-order chi connectivity index (χ1) is 16.6. The third-order valence-electron chi connectivity index (χ3n) is 4.84. The molecule has 0 fully saturated rings. The molecule has 2 aromatic carbocycles. The second-order valence-corrected chi connectivity index (χ2v) is 7.84. The molecule has 0 aliphatic carbocycles. The average molecular weight is 501 g/mol. The van der Waals surface area contributed by atoms with E-state index in [-0.39, 0.29) is 30.1 Å². The van der Waals surface area contributed by atoms with Crippen molar-refractivity contribution in [1.82, 2.24) is 0 Å². The van der Waals surface area contributed by atoms with Crippen LogP contribution in [0, 0.1) is 0 Å². The van der Waals surface area contributed by atoms with Gasteiger partial charge in [-0.05, 0) is 60.9 Å². The van der Waals surface area contributed by atoms with Gasteiger partial charge >= 0.3 is 18.3 Å². The Bertz CT molecular complexity index is 922. The Balaban J connectivity index is 1.83. The van der Waals surface area contributed by atoms with Gasteiger partial charge in [0, 0.05) is 12.5 Å². The van der Waals surface area contributed by atoms with Crippen molar-refractivity contribution < 1.29 is 41.0 Å². The lowest BCUT2D eigenvalue weighted by molar-refractivity contribution is -0.185. The summed E-state index contributed by atoms with van der Waals surface area (Å²) >= 11 is 0. The quantitative estimate of drug-likeness (QED) is 0.116. The van der Waals surface area contributed by atoms with Gasteiger partial charge in [0.25, 0.3) is 0 Å². The molecule has 0 heterocycles. The number of hydrogen-bond acceptors (Lipinski definition) is 4. The monoisotopic (exact) mass is 500 g/mol. The van der Waals surface area contributed by atoms with Crippen LogP contribution in [0.15, 0.2) is 54.6 Å². The summed E-state index contributed by atoms with van der Waals surface area (Å²) in [5, 5.41) is 0. The van der Waals surface area contributed by atoms with Gasteiger partial charge in [-0.25, -0.2) is 4.79 Å². The molecule has 0 spiro atoms. The zero-order valence-corrected chi connectivity index (χ0v) is 19.5. The molecule has 0 aromatic heterocycles. The van der Waals surface area contributed by atoms with Crippen LogP contribution in [-0.4, -0.2) is 25.4 Å². The molecule has 35 heavy (non-hydrogen) atoms. The number of benzene rings is 2. The van der Waals surface area contributed by atoms with Crippen molar-refractivity contribution in [2.75, 3.05) is 13.2 Å². The van der Waals surface area contributed by atoms with Crippen LogP contribution in [0.5, 0.6) is 11.5 Å². The predicted octanol–water partition coefficient (Wildman–Crippen LogP) is 7.67. The van der Waals surface area contributed by atoms with Crippen LogP contribution < -0.4 is 9.47 Å². The average Bonchev–Trinajstić information content (AvgIpc) is 2.81. The fourth-order valence-electron chi connectivity index (χ4n) is 2.98. The Morgan fingerprint density at radius 1 is 0.829 bits per heavy atom. The number of esters is 1. The normalized spacial score (nSPS) is 12.1. The molecule has 0 radical (unpaired) electrons. The molecule has 0 saturated heterocycles. The lowest BCUT2D eigenvalue weighted by atomic mass is 10.1. The SMILES string of the molecule is CCCCCCOC(=O)/C=C/c1ccc(C(F)(F)Oc2ccc(OCCCC(F)(F)F)cc2)cc1.